The van der Waals surface area contributed by atoms with Crippen LogP contribution in [-0.2, 0) is 16.6 Å². The van der Waals surface area contributed by atoms with Crippen LogP contribution >= 0.6 is 11.6 Å². The van der Waals surface area contributed by atoms with Gasteiger partial charge in [-0.15, -0.1) is 0 Å². The topological polar surface area (TPSA) is 208 Å². The number of β-amino-alcohol motifs (C(OH)–C–C–N with tert-alkyl or cyclic N) is 1. The van der Waals surface area contributed by atoms with Gasteiger partial charge in [-0.2, -0.15) is 9.65 Å². The van der Waals surface area contributed by atoms with E-state index in [1.807, 2.05) is 0 Å². The van der Waals surface area contributed by atoms with E-state index in [9.17, 15) is 28.3 Å². The number of imidazole rings is 1. The largest absolute Gasteiger partial charge is 0.483 e. The van der Waals surface area contributed by atoms with Crippen molar-refractivity contribution in [2.24, 2.45) is 7.05 Å². The maximum Gasteiger partial charge on any atom is 0.291 e. The molecule has 2 heterocycles. The van der Waals surface area contributed by atoms with Gasteiger partial charge in [0.15, 0.2) is 24.0 Å². The summed E-state index contributed by atoms with van der Waals surface area (Å²) in [6.45, 7) is 1.55. The van der Waals surface area contributed by atoms with Gasteiger partial charge in [0.25, 0.3) is 18.3 Å². The number of nitriles is 1. The van der Waals surface area contributed by atoms with E-state index in [4.69, 9.17) is 31.5 Å². The Morgan fingerprint density at radius 3 is 2.54 bits per heavy atom. The van der Waals surface area contributed by atoms with E-state index >= 15 is 0 Å². The van der Waals surface area contributed by atoms with Crippen molar-refractivity contribution >= 4 is 41.5 Å². The molecule has 46 heavy (non-hydrogen) atoms. The zero-order chi connectivity index (χ0) is 34.0. The van der Waals surface area contributed by atoms with Crippen LogP contribution in [0.3, 0.4) is 0 Å². The number of hydrogen-bond acceptors (Lipinski definition) is 9. The zero-order valence-corrected chi connectivity index (χ0v) is 25.3. The summed E-state index contributed by atoms with van der Waals surface area (Å²) < 4.78 is 35.3. The summed E-state index contributed by atoms with van der Waals surface area (Å²) in [5, 5.41) is 36.4. The highest BCUT2D eigenvalue weighted by molar-refractivity contribution is 6.34. The standard InChI is InChI=1S/C28H28ClF2N7O5.CH2O2/c1-28(42)12-19(36-14-28)26(40)34-9-8-33-25(39)16-4-3-15(11-18(16)29)37-27(41)24-35-13-20(38(24)2)17-5-6-21(43-10-7-32)23(31)22(17)30;2-1-3/h3-6,11,13,19,36,42H,8-10,12,14H2,1-2H3,(H,33,39)(H,34,40)(H,37,41);1H,(H,2,3)/t19-,28-;/m1./s1. The zero-order valence-electron chi connectivity index (χ0n) is 24.6. The number of rotatable bonds is 10. The molecule has 6 N–H and O–H groups in total. The normalized spacial score (nSPS) is 16.8. The van der Waals surface area contributed by atoms with Crippen molar-refractivity contribution in [1.29, 1.82) is 5.26 Å². The lowest BCUT2D eigenvalue weighted by Gasteiger charge is -2.14. The van der Waals surface area contributed by atoms with Gasteiger partial charge in [-0.3, -0.25) is 19.2 Å². The molecule has 1 aromatic heterocycles. The lowest BCUT2D eigenvalue weighted by atomic mass is 10.0. The summed E-state index contributed by atoms with van der Waals surface area (Å²) in [5.41, 5.74) is -0.613. The maximum absolute atomic E-state index is 14.7. The van der Waals surface area contributed by atoms with Crippen LogP contribution in [0.5, 0.6) is 5.75 Å². The number of amides is 3. The minimum Gasteiger partial charge on any atom is -0.483 e. The number of aromatic nitrogens is 2. The molecular weight excluding hydrogens is 632 g/mol. The molecule has 2 aromatic carbocycles. The number of halogens is 3. The second-order valence-electron chi connectivity index (χ2n) is 10.1. The number of carbonyl (C=O) groups excluding carboxylic acids is 3. The Kier molecular flexibility index (Phi) is 12.1. The van der Waals surface area contributed by atoms with Crippen LogP contribution in [0.2, 0.25) is 5.02 Å². The van der Waals surface area contributed by atoms with E-state index in [1.54, 1.807) is 13.0 Å². The molecule has 4 rings (SSSR count). The van der Waals surface area contributed by atoms with Gasteiger partial charge in [-0.05, 0) is 37.3 Å². The minimum atomic E-state index is -1.28. The van der Waals surface area contributed by atoms with Crippen LogP contribution in [-0.4, -0.2) is 81.8 Å². The van der Waals surface area contributed by atoms with E-state index in [1.165, 1.54) is 48.1 Å². The first-order chi connectivity index (χ1) is 21.8. The fourth-order valence-corrected chi connectivity index (χ4v) is 4.74. The molecule has 0 saturated carbocycles. The van der Waals surface area contributed by atoms with Gasteiger partial charge in [-0.1, -0.05) is 11.6 Å². The maximum atomic E-state index is 14.7. The number of ether oxygens (including phenoxy) is 1. The van der Waals surface area contributed by atoms with Gasteiger partial charge in [0, 0.05) is 44.4 Å². The van der Waals surface area contributed by atoms with Crippen molar-refractivity contribution in [3.05, 3.63) is 64.6 Å². The summed E-state index contributed by atoms with van der Waals surface area (Å²) in [6, 6.07) is 7.82. The molecule has 0 bridgehead atoms. The molecule has 2 atom stereocenters. The Morgan fingerprint density at radius 1 is 1.22 bits per heavy atom. The van der Waals surface area contributed by atoms with E-state index in [0.717, 1.165) is 0 Å². The highest BCUT2D eigenvalue weighted by Gasteiger charge is 2.36. The SMILES string of the molecule is Cn1c(-c2ccc(OCC#N)c(F)c2F)cnc1C(=O)Nc1ccc(C(=O)NCCNC(=O)[C@H]2C[C@@](C)(O)CN2)c(Cl)c1.O=CO. The number of hydrogen-bond donors (Lipinski definition) is 6. The third kappa shape index (κ3) is 8.75. The van der Waals surface area contributed by atoms with E-state index < -0.39 is 47.4 Å². The third-order valence-corrected chi connectivity index (χ3v) is 6.99. The van der Waals surface area contributed by atoms with Gasteiger partial charge >= 0.3 is 0 Å². The smallest absolute Gasteiger partial charge is 0.291 e. The Labute approximate surface area is 266 Å². The first-order valence-electron chi connectivity index (χ1n) is 13.5. The van der Waals surface area contributed by atoms with Crippen LogP contribution in [0, 0.1) is 23.0 Å². The molecular formula is C29H30ClF2N7O7. The summed E-state index contributed by atoms with van der Waals surface area (Å²) in [4.78, 5) is 50.1. The van der Waals surface area contributed by atoms with Crippen molar-refractivity contribution in [3.63, 3.8) is 0 Å². The summed E-state index contributed by atoms with van der Waals surface area (Å²) in [7, 11) is 1.45. The number of anilines is 1. The summed E-state index contributed by atoms with van der Waals surface area (Å²) in [6.07, 6.45) is 1.50. The molecule has 1 aliphatic heterocycles. The number of nitrogens with zero attached hydrogens (tertiary/aromatic N) is 3. The Balaban J connectivity index is 0.00000185. The average Bonchev–Trinajstić information content (AvgIpc) is 3.57. The monoisotopic (exact) mass is 661 g/mol. The molecule has 14 nitrogen and oxygen atoms in total. The second kappa shape index (κ2) is 15.8. The lowest BCUT2D eigenvalue weighted by Crippen LogP contribution is -2.43. The minimum absolute atomic E-state index is 0.0495. The van der Waals surface area contributed by atoms with E-state index in [0.29, 0.717) is 6.54 Å². The van der Waals surface area contributed by atoms with Gasteiger partial charge < -0.3 is 40.8 Å². The molecule has 0 spiro atoms. The predicted molar refractivity (Wildman–Crippen MR) is 160 cm³/mol. The van der Waals surface area contributed by atoms with Gasteiger partial charge in [0.2, 0.25) is 11.7 Å². The quantitative estimate of drug-likeness (QED) is 0.137. The predicted octanol–water partition coefficient (Wildman–Crippen LogP) is 1.83. The van der Waals surface area contributed by atoms with Crippen molar-refractivity contribution < 1.29 is 42.9 Å². The Bertz CT molecular complexity index is 1660. The van der Waals surface area contributed by atoms with Gasteiger partial charge in [0.1, 0.15) is 6.07 Å². The fraction of sp³-hybridized carbons (Fsp3) is 0.310. The number of aliphatic hydroxyl groups is 1. The summed E-state index contributed by atoms with van der Waals surface area (Å²) in [5.74, 6) is -4.49. The van der Waals surface area contributed by atoms with Gasteiger partial charge in [-0.25, -0.2) is 9.37 Å². The molecule has 0 aliphatic carbocycles. The average molecular weight is 662 g/mol. The third-order valence-electron chi connectivity index (χ3n) is 6.68. The van der Waals surface area contributed by atoms with Crippen molar-refractivity contribution in [2.45, 2.75) is 25.0 Å². The molecule has 3 amide bonds. The van der Waals surface area contributed by atoms with Crippen LogP contribution < -0.4 is 26.0 Å². The molecule has 1 saturated heterocycles. The van der Waals surface area contributed by atoms with E-state index in [2.05, 4.69) is 26.3 Å². The highest BCUT2D eigenvalue weighted by Crippen LogP contribution is 2.30. The molecule has 0 unspecified atom stereocenters. The molecule has 17 heteroatoms. The van der Waals surface area contributed by atoms with Gasteiger partial charge in [0.05, 0.1) is 34.1 Å². The Hall–Kier alpha value is -5.11. The highest BCUT2D eigenvalue weighted by atomic mass is 35.5. The summed E-state index contributed by atoms with van der Waals surface area (Å²) >= 11 is 6.28. The molecule has 3 aromatic rings. The van der Waals surface area contributed by atoms with Crippen LogP contribution in [0.4, 0.5) is 14.5 Å². The molecule has 1 fully saturated rings. The first kappa shape index (κ1) is 35.4. The van der Waals surface area contributed by atoms with Crippen molar-refractivity contribution in [1.82, 2.24) is 25.5 Å². The molecule has 244 valence electrons. The molecule has 0 radical (unpaired) electrons. The van der Waals surface area contributed by atoms with Crippen LogP contribution in [0.25, 0.3) is 11.3 Å². The lowest BCUT2D eigenvalue weighted by molar-refractivity contribution is -0.123. The van der Waals surface area contributed by atoms with E-state index in [-0.39, 0.29) is 65.2 Å². The van der Waals surface area contributed by atoms with Crippen LogP contribution in [0.15, 0.2) is 36.5 Å². The number of nitrogens with one attached hydrogen (secondary N) is 4. The second-order valence-corrected chi connectivity index (χ2v) is 10.6. The molecule has 1 aliphatic rings. The first-order valence-corrected chi connectivity index (χ1v) is 13.9. The fourth-order valence-electron chi connectivity index (χ4n) is 4.48. The number of carboxylic acid groups (broad SMARTS) is 1. The van der Waals surface area contributed by atoms with Crippen molar-refractivity contribution in [2.75, 3.05) is 31.6 Å². The number of carbonyl (C=O) groups is 4. The Morgan fingerprint density at radius 2 is 1.91 bits per heavy atom. The number of benzene rings is 2. The van der Waals surface area contributed by atoms with Crippen molar-refractivity contribution in [3.8, 4) is 23.1 Å². The van der Waals surface area contributed by atoms with Crippen LogP contribution in [0.1, 0.15) is 34.3 Å².